The van der Waals surface area contributed by atoms with Crippen molar-refractivity contribution in [3.8, 4) is 0 Å². The van der Waals surface area contributed by atoms with Crippen molar-refractivity contribution in [1.82, 2.24) is 5.32 Å². The van der Waals surface area contributed by atoms with Gasteiger partial charge in [0, 0.05) is 12.2 Å². The van der Waals surface area contributed by atoms with Gasteiger partial charge in [-0.05, 0) is 37.2 Å². The number of benzene rings is 1. The number of nitrogens with one attached hydrogen (secondary N) is 2. The van der Waals surface area contributed by atoms with Crippen molar-refractivity contribution in [3.05, 3.63) is 42.0 Å². The van der Waals surface area contributed by atoms with Gasteiger partial charge in [0.15, 0.2) is 0 Å². The summed E-state index contributed by atoms with van der Waals surface area (Å²) in [4.78, 5) is 11.3. The van der Waals surface area contributed by atoms with Crippen molar-refractivity contribution in [2.24, 2.45) is 0 Å². The summed E-state index contributed by atoms with van der Waals surface area (Å²) in [6.07, 6.45) is 3.23. The summed E-state index contributed by atoms with van der Waals surface area (Å²) in [6.45, 7) is 5.65. The van der Waals surface area contributed by atoms with E-state index < -0.39 is 0 Å². The van der Waals surface area contributed by atoms with Gasteiger partial charge in [0.2, 0.25) is 5.91 Å². The molecule has 3 nitrogen and oxygen atoms in total. The van der Waals surface area contributed by atoms with E-state index in [0.29, 0.717) is 0 Å². The van der Waals surface area contributed by atoms with Crippen LogP contribution < -0.4 is 10.6 Å². The summed E-state index contributed by atoms with van der Waals surface area (Å²) >= 11 is 0. The number of carbonyl (C=O) groups is 1. The molecule has 0 aliphatic heterocycles. The number of allylic oxidation sites excluding steroid dienone is 1. The number of hydrogen-bond donors (Lipinski definition) is 2. The van der Waals surface area contributed by atoms with E-state index in [-0.39, 0.29) is 5.91 Å². The molecule has 1 amide bonds. The topological polar surface area (TPSA) is 41.1 Å². The zero-order chi connectivity index (χ0) is 11.8. The molecule has 0 unspecified atom stereocenters. The lowest BCUT2D eigenvalue weighted by atomic mass is 10.2. The largest absolute Gasteiger partial charge is 0.323 e. The van der Waals surface area contributed by atoms with Crippen molar-refractivity contribution in [1.29, 1.82) is 0 Å². The molecule has 2 N–H and O–H groups in total. The SMILES string of the molecule is C/C=C/C(=O)Nc1cccc(CNCC)c1. The van der Waals surface area contributed by atoms with Crippen LogP contribution in [0.3, 0.4) is 0 Å². The molecule has 0 spiro atoms. The molecule has 0 saturated heterocycles. The van der Waals surface area contributed by atoms with Crippen LogP contribution in [0.1, 0.15) is 19.4 Å². The third kappa shape index (κ3) is 4.28. The zero-order valence-electron chi connectivity index (χ0n) is 9.79. The Morgan fingerprint density at radius 2 is 2.25 bits per heavy atom. The van der Waals surface area contributed by atoms with Crippen LogP contribution in [0.5, 0.6) is 0 Å². The molecule has 0 radical (unpaired) electrons. The van der Waals surface area contributed by atoms with Crippen LogP contribution in [0.15, 0.2) is 36.4 Å². The Hall–Kier alpha value is -1.61. The minimum absolute atomic E-state index is 0.0944. The number of anilines is 1. The highest BCUT2D eigenvalue weighted by atomic mass is 16.1. The molecule has 86 valence electrons. The van der Waals surface area contributed by atoms with E-state index in [2.05, 4.69) is 17.6 Å². The Kier molecular flexibility index (Phi) is 5.29. The molecule has 0 bridgehead atoms. The summed E-state index contributed by atoms with van der Waals surface area (Å²) in [6, 6.07) is 7.84. The van der Waals surface area contributed by atoms with E-state index in [0.717, 1.165) is 18.8 Å². The van der Waals surface area contributed by atoms with Gasteiger partial charge >= 0.3 is 0 Å². The highest BCUT2D eigenvalue weighted by molar-refractivity contribution is 5.99. The smallest absolute Gasteiger partial charge is 0.248 e. The van der Waals surface area contributed by atoms with Gasteiger partial charge in [-0.1, -0.05) is 25.1 Å². The number of hydrogen-bond acceptors (Lipinski definition) is 2. The second-order valence-corrected chi connectivity index (χ2v) is 3.47. The first-order valence-corrected chi connectivity index (χ1v) is 5.49. The van der Waals surface area contributed by atoms with Crippen LogP contribution in [0, 0.1) is 0 Å². The van der Waals surface area contributed by atoms with Crippen LogP contribution in [0.4, 0.5) is 5.69 Å². The molecule has 0 saturated carbocycles. The van der Waals surface area contributed by atoms with Crippen molar-refractivity contribution >= 4 is 11.6 Å². The van der Waals surface area contributed by atoms with E-state index >= 15 is 0 Å². The lowest BCUT2D eigenvalue weighted by molar-refractivity contribution is -0.111. The van der Waals surface area contributed by atoms with Gasteiger partial charge < -0.3 is 10.6 Å². The lowest BCUT2D eigenvalue weighted by Crippen LogP contribution is -2.12. The van der Waals surface area contributed by atoms with Crippen LogP contribution in [0.2, 0.25) is 0 Å². The molecule has 0 aliphatic rings. The minimum Gasteiger partial charge on any atom is -0.323 e. The molecule has 0 heterocycles. The highest BCUT2D eigenvalue weighted by Gasteiger charge is 1.98. The van der Waals surface area contributed by atoms with Crippen molar-refractivity contribution < 1.29 is 4.79 Å². The Labute approximate surface area is 96.6 Å². The number of amides is 1. The Balaban J connectivity index is 2.63. The van der Waals surface area contributed by atoms with Gasteiger partial charge in [0.05, 0.1) is 0 Å². The second-order valence-electron chi connectivity index (χ2n) is 3.47. The molecule has 1 aromatic carbocycles. The Morgan fingerprint density at radius 3 is 2.94 bits per heavy atom. The molecule has 0 aromatic heterocycles. The molecule has 0 aliphatic carbocycles. The molecular weight excluding hydrogens is 200 g/mol. The van der Waals surface area contributed by atoms with Gasteiger partial charge in [-0.2, -0.15) is 0 Å². The minimum atomic E-state index is -0.0944. The van der Waals surface area contributed by atoms with Gasteiger partial charge in [-0.15, -0.1) is 0 Å². The monoisotopic (exact) mass is 218 g/mol. The fourth-order valence-electron chi connectivity index (χ4n) is 1.36. The molecule has 0 fully saturated rings. The standard InChI is InChI=1S/C13H18N2O/c1-3-6-13(16)15-12-8-5-7-11(9-12)10-14-4-2/h3,5-9,14H,4,10H2,1-2H3,(H,15,16)/b6-3+. The average molecular weight is 218 g/mol. The van der Waals surface area contributed by atoms with Crippen molar-refractivity contribution in [2.75, 3.05) is 11.9 Å². The summed E-state index contributed by atoms with van der Waals surface area (Å²) in [7, 11) is 0. The van der Waals surface area contributed by atoms with Crippen molar-refractivity contribution in [2.45, 2.75) is 20.4 Å². The third-order valence-corrected chi connectivity index (χ3v) is 2.09. The summed E-state index contributed by atoms with van der Waals surface area (Å²) in [5.74, 6) is -0.0944. The molecule has 0 atom stereocenters. The molecular formula is C13H18N2O. The average Bonchev–Trinajstić information content (AvgIpc) is 2.27. The molecule has 1 aromatic rings. The van der Waals surface area contributed by atoms with Crippen LogP contribution in [-0.4, -0.2) is 12.5 Å². The first-order chi connectivity index (χ1) is 7.76. The quantitative estimate of drug-likeness (QED) is 0.745. The summed E-state index contributed by atoms with van der Waals surface area (Å²) in [5.41, 5.74) is 2.00. The maximum Gasteiger partial charge on any atom is 0.248 e. The maximum absolute atomic E-state index is 11.3. The lowest BCUT2D eigenvalue weighted by Gasteiger charge is -2.06. The summed E-state index contributed by atoms with van der Waals surface area (Å²) in [5, 5.41) is 6.05. The van der Waals surface area contributed by atoms with Gasteiger partial charge in [-0.3, -0.25) is 4.79 Å². The van der Waals surface area contributed by atoms with Crippen LogP contribution >= 0.6 is 0 Å². The van der Waals surface area contributed by atoms with Crippen LogP contribution in [-0.2, 0) is 11.3 Å². The zero-order valence-corrected chi connectivity index (χ0v) is 9.79. The maximum atomic E-state index is 11.3. The second kappa shape index (κ2) is 6.80. The molecule has 16 heavy (non-hydrogen) atoms. The first-order valence-electron chi connectivity index (χ1n) is 5.49. The van der Waals surface area contributed by atoms with Gasteiger partial charge in [-0.25, -0.2) is 0 Å². The van der Waals surface area contributed by atoms with E-state index in [4.69, 9.17) is 0 Å². The Bertz CT molecular complexity index is 372. The Morgan fingerprint density at radius 1 is 1.44 bits per heavy atom. The molecule has 3 heteroatoms. The fraction of sp³-hybridized carbons (Fsp3) is 0.308. The normalized spacial score (nSPS) is 10.6. The molecule has 1 rings (SSSR count). The van der Waals surface area contributed by atoms with Gasteiger partial charge in [0.25, 0.3) is 0 Å². The van der Waals surface area contributed by atoms with Gasteiger partial charge in [0.1, 0.15) is 0 Å². The third-order valence-electron chi connectivity index (χ3n) is 2.09. The van der Waals surface area contributed by atoms with E-state index in [1.807, 2.05) is 31.2 Å². The van der Waals surface area contributed by atoms with E-state index in [1.165, 1.54) is 11.6 Å². The van der Waals surface area contributed by atoms with E-state index in [1.54, 1.807) is 6.08 Å². The number of carbonyl (C=O) groups excluding carboxylic acids is 1. The number of rotatable bonds is 5. The predicted molar refractivity (Wildman–Crippen MR) is 67.3 cm³/mol. The van der Waals surface area contributed by atoms with Crippen molar-refractivity contribution in [3.63, 3.8) is 0 Å². The van der Waals surface area contributed by atoms with E-state index in [9.17, 15) is 4.79 Å². The first kappa shape index (κ1) is 12.5. The highest BCUT2D eigenvalue weighted by Crippen LogP contribution is 2.10. The fourth-order valence-corrected chi connectivity index (χ4v) is 1.36. The van der Waals surface area contributed by atoms with Crippen LogP contribution in [0.25, 0.3) is 0 Å². The summed E-state index contributed by atoms with van der Waals surface area (Å²) < 4.78 is 0. The predicted octanol–water partition coefficient (Wildman–Crippen LogP) is 2.31.